The van der Waals surface area contributed by atoms with Crippen LogP contribution >= 0.6 is 0 Å². The predicted octanol–water partition coefficient (Wildman–Crippen LogP) is 2.58. The summed E-state index contributed by atoms with van der Waals surface area (Å²) in [5.74, 6) is -0.285. The summed E-state index contributed by atoms with van der Waals surface area (Å²) in [7, 11) is -5.47. The number of hydrogen-bond acceptors (Lipinski definition) is 5. The molecule has 10 heteroatoms. The molecule has 0 aliphatic carbocycles. The quantitative estimate of drug-likeness (QED) is 0.628. The van der Waals surface area contributed by atoms with Crippen LogP contribution in [0.25, 0.3) is 0 Å². The third kappa shape index (κ3) is 6.46. The molecule has 2 aromatic carbocycles. The summed E-state index contributed by atoms with van der Waals surface area (Å²) in [4.78, 5) is 12.3. The van der Waals surface area contributed by atoms with Gasteiger partial charge in [0.25, 0.3) is 0 Å². The third-order valence-electron chi connectivity index (χ3n) is 4.54. The Balaban J connectivity index is 2.01. The molecule has 8 nitrogen and oxygen atoms in total. The fraction of sp³-hybridized carbons (Fsp3) is 0.350. The molecule has 1 amide bonds. The van der Waals surface area contributed by atoms with E-state index < -0.39 is 20.0 Å². The van der Waals surface area contributed by atoms with E-state index in [4.69, 9.17) is 0 Å². The summed E-state index contributed by atoms with van der Waals surface area (Å²) in [5, 5.41) is 2.72. The van der Waals surface area contributed by atoms with Crippen molar-refractivity contribution in [2.45, 2.75) is 19.8 Å². The minimum atomic E-state index is -3.49. The molecule has 0 aliphatic heterocycles. The molecule has 0 radical (unpaired) electrons. The molecule has 2 aromatic rings. The van der Waals surface area contributed by atoms with Crippen molar-refractivity contribution in [1.82, 2.24) is 0 Å². The average Bonchev–Trinajstić information content (AvgIpc) is 2.64. The van der Waals surface area contributed by atoms with E-state index in [1.807, 2.05) is 19.1 Å². The molecular formula is C20H27N3O5S2. The topological polar surface area (TPSA) is 104 Å². The van der Waals surface area contributed by atoms with E-state index >= 15 is 0 Å². The summed E-state index contributed by atoms with van der Waals surface area (Å²) >= 11 is 0. The van der Waals surface area contributed by atoms with Crippen molar-refractivity contribution in [2.24, 2.45) is 0 Å². The Morgan fingerprint density at radius 1 is 0.967 bits per heavy atom. The maximum Gasteiger partial charge on any atom is 0.232 e. The molecule has 0 saturated heterocycles. The summed E-state index contributed by atoms with van der Waals surface area (Å²) < 4.78 is 50.2. The third-order valence-corrected chi connectivity index (χ3v) is 6.93. The van der Waals surface area contributed by atoms with Gasteiger partial charge in [-0.3, -0.25) is 13.4 Å². The molecular weight excluding hydrogens is 426 g/mol. The van der Waals surface area contributed by atoms with Crippen molar-refractivity contribution in [3.05, 3.63) is 54.1 Å². The van der Waals surface area contributed by atoms with Gasteiger partial charge in [0.1, 0.15) is 0 Å². The molecule has 0 spiro atoms. The number of sulfonamides is 2. The normalized spacial score (nSPS) is 11.7. The number of carbonyl (C=O) groups is 1. The number of aryl methyl sites for hydroxylation is 1. The molecule has 2 rings (SSSR count). The summed E-state index contributed by atoms with van der Waals surface area (Å²) in [6.07, 6.45) is 2.68. The van der Waals surface area contributed by atoms with Crippen LogP contribution in [0.1, 0.15) is 18.4 Å². The monoisotopic (exact) mass is 453 g/mol. The van der Waals surface area contributed by atoms with Crippen molar-refractivity contribution < 1.29 is 21.6 Å². The summed E-state index contributed by atoms with van der Waals surface area (Å²) in [6.45, 7) is 2.01. The lowest BCUT2D eigenvalue weighted by Gasteiger charge is -2.24. The SMILES string of the molecule is Cc1ccccc1N(CCCC(=O)Nc1cccc(N(C)S(C)(=O)=O)c1)S(C)(=O)=O. The zero-order valence-corrected chi connectivity index (χ0v) is 19.1. The molecule has 0 saturated carbocycles. The lowest BCUT2D eigenvalue weighted by atomic mass is 10.2. The Kier molecular flexibility index (Phi) is 7.49. The van der Waals surface area contributed by atoms with Gasteiger partial charge in [-0.1, -0.05) is 24.3 Å². The molecule has 0 heterocycles. The zero-order chi connectivity index (χ0) is 22.5. The smallest absolute Gasteiger partial charge is 0.232 e. The Bertz CT molecular complexity index is 1110. The highest BCUT2D eigenvalue weighted by Gasteiger charge is 2.19. The van der Waals surface area contributed by atoms with Crippen molar-refractivity contribution in [3.8, 4) is 0 Å². The van der Waals surface area contributed by atoms with Gasteiger partial charge in [-0.25, -0.2) is 16.8 Å². The van der Waals surface area contributed by atoms with Crippen LogP contribution in [0.5, 0.6) is 0 Å². The number of benzene rings is 2. The molecule has 0 aromatic heterocycles. The van der Waals surface area contributed by atoms with E-state index in [0.717, 1.165) is 22.4 Å². The van der Waals surface area contributed by atoms with Gasteiger partial charge in [-0.2, -0.15) is 0 Å². The van der Waals surface area contributed by atoms with E-state index in [1.54, 1.807) is 36.4 Å². The number of carbonyl (C=O) groups excluding carboxylic acids is 1. The minimum Gasteiger partial charge on any atom is -0.326 e. The second kappa shape index (κ2) is 9.48. The van der Waals surface area contributed by atoms with Crippen molar-refractivity contribution >= 4 is 43.0 Å². The van der Waals surface area contributed by atoms with E-state index in [9.17, 15) is 21.6 Å². The Hall–Kier alpha value is -2.59. The van der Waals surface area contributed by atoms with E-state index in [-0.39, 0.29) is 18.9 Å². The number of anilines is 3. The highest BCUT2D eigenvalue weighted by molar-refractivity contribution is 7.92. The standard InChI is InChI=1S/C20H27N3O5S2/c1-16-9-5-6-12-19(16)23(30(4,27)28)14-8-13-20(24)21-17-10-7-11-18(15-17)22(2)29(3,25)26/h5-7,9-12,15H,8,13-14H2,1-4H3,(H,21,24). The van der Waals surface area contributed by atoms with Gasteiger partial charge in [0.15, 0.2) is 0 Å². The van der Waals surface area contributed by atoms with Crippen LogP contribution in [0.3, 0.4) is 0 Å². The first-order chi connectivity index (χ1) is 13.9. The van der Waals surface area contributed by atoms with Gasteiger partial charge in [-0.15, -0.1) is 0 Å². The number of nitrogens with zero attached hydrogens (tertiary/aromatic N) is 2. The zero-order valence-electron chi connectivity index (χ0n) is 17.5. The van der Waals surface area contributed by atoms with Crippen molar-refractivity contribution in [3.63, 3.8) is 0 Å². The molecule has 0 aliphatic rings. The van der Waals surface area contributed by atoms with E-state index in [0.29, 0.717) is 23.5 Å². The van der Waals surface area contributed by atoms with Crippen LogP contribution in [0, 0.1) is 6.92 Å². The lowest BCUT2D eigenvalue weighted by molar-refractivity contribution is -0.116. The van der Waals surface area contributed by atoms with Crippen molar-refractivity contribution in [1.29, 1.82) is 0 Å². The van der Waals surface area contributed by atoms with Crippen LogP contribution in [0.2, 0.25) is 0 Å². The molecule has 1 N–H and O–H groups in total. The van der Waals surface area contributed by atoms with Crippen LogP contribution < -0.4 is 13.9 Å². The van der Waals surface area contributed by atoms with Gasteiger partial charge < -0.3 is 5.32 Å². The second-order valence-corrected chi connectivity index (χ2v) is 11.0. The van der Waals surface area contributed by atoms with E-state index in [1.165, 1.54) is 11.4 Å². The molecule has 0 unspecified atom stereocenters. The highest BCUT2D eigenvalue weighted by Crippen LogP contribution is 2.23. The Morgan fingerprint density at radius 3 is 2.23 bits per heavy atom. The number of hydrogen-bond donors (Lipinski definition) is 1. The Labute approximate surface area is 178 Å². The first-order valence-corrected chi connectivity index (χ1v) is 13.0. The van der Waals surface area contributed by atoms with Gasteiger partial charge >= 0.3 is 0 Å². The maximum absolute atomic E-state index is 12.3. The van der Waals surface area contributed by atoms with Crippen LogP contribution in [-0.4, -0.2) is 48.8 Å². The average molecular weight is 454 g/mol. The molecule has 164 valence electrons. The molecule has 0 fully saturated rings. The number of nitrogens with one attached hydrogen (secondary N) is 1. The minimum absolute atomic E-state index is 0.115. The van der Waals surface area contributed by atoms with E-state index in [2.05, 4.69) is 5.32 Å². The largest absolute Gasteiger partial charge is 0.326 e. The second-order valence-electron chi connectivity index (χ2n) is 7.05. The van der Waals surface area contributed by atoms with Gasteiger partial charge in [0, 0.05) is 25.7 Å². The number of amides is 1. The lowest BCUT2D eigenvalue weighted by Crippen LogP contribution is -2.32. The number of para-hydroxylation sites is 1. The van der Waals surface area contributed by atoms with Gasteiger partial charge in [-0.05, 0) is 43.2 Å². The van der Waals surface area contributed by atoms with Crippen LogP contribution in [0.15, 0.2) is 48.5 Å². The van der Waals surface area contributed by atoms with Gasteiger partial charge in [0.05, 0.1) is 23.9 Å². The molecule has 0 bridgehead atoms. The van der Waals surface area contributed by atoms with Gasteiger partial charge in [0.2, 0.25) is 26.0 Å². The fourth-order valence-corrected chi connectivity index (χ4v) is 4.41. The first-order valence-electron chi connectivity index (χ1n) is 9.27. The summed E-state index contributed by atoms with van der Waals surface area (Å²) in [5.41, 5.74) is 2.32. The van der Waals surface area contributed by atoms with Crippen LogP contribution in [-0.2, 0) is 24.8 Å². The molecule has 30 heavy (non-hydrogen) atoms. The molecule has 0 atom stereocenters. The number of rotatable bonds is 9. The maximum atomic E-state index is 12.3. The van der Waals surface area contributed by atoms with Crippen LogP contribution in [0.4, 0.5) is 17.1 Å². The Morgan fingerprint density at radius 2 is 1.63 bits per heavy atom. The van der Waals surface area contributed by atoms with Crippen molar-refractivity contribution in [2.75, 3.05) is 40.0 Å². The first kappa shape index (κ1) is 23.7. The summed E-state index contributed by atoms with van der Waals surface area (Å²) in [6, 6.07) is 13.7. The fourth-order valence-electron chi connectivity index (χ4n) is 2.89. The predicted molar refractivity (Wildman–Crippen MR) is 121 cm³/mol. The highest BCUT2D eigenvalue weighted by atomic mass is 32.2.